The Hall–Kier alpha value is -0.670. The normalized spacial score (nSPS) is 27.2. The van der Waals surface area contributed by atoms with Crippen LogP contribution in [0.15, 0.2) is 30.3 Å². The molecule has 0 amide bonds. The first kappa shape index (κ1) is 14.4. The summed E-state index contributed by atoms with van der Waals surface area (Å²) in [4.78, 5) is 0. The Kier molecular flexibility index (Phi) is 4.50. The first-order valence-corrected chi connectivity index (χ1v) is 5.66. The van der Waals surface area contributed by atoms with Crippen molar-refractivity contribution < 1.29 is 8.78 Å². The van der Waals surface area contributed by atoms with Crippen molar-refractivity contribution in [2.24, 2.45) is 0 Å². The van der Waals surface area contributed by atoms with Crippen molar-refractivity contribution in [3.63, 3.8) is 0 Å². The van der Waals surface area contributed by atoms with Gasteiger partial charge in [0.25, 0.3) is 5.92 Å². The van der Waals surface area contributed by atoms with Crippen molar-refractivity contribution in [2.45, 2.75) is 37.6 Å². The average molecular weight is 262 g/mol. The van der Waals surface area contributed by atoms with Crippen LogP contribution >= 0.6 is 12.4 Å². The van der Waals surface area contributed by atoms with Gasteiger partial charge in [-0.05, 0) is 18.9 Å². The molecule has 0 aromatic heterocycles. The van der Waals surface area contributed by atoms with Gasteiger partial charge < -0.3 is 5.32 Å². The monoisotopic (exact) mass is 261 g/mol. The molecule has 17 heavy (non-hydrogen) atoms. The van der Waals surface area contributed by atoms with Crippen LogP contribution < -0.4 is 5.32 Å². The van der Waals surface area contributed by atoms with Crippen molar-refractivity contribution >= 4 is 12.4 Å². The van der Waals surface area contributed by atoms with Crippen LogP contribution in [0.2, 0.25) is 0 Å². The van der Waals surface area contributed by atoms with Crippen LogP contribution in [0.4, 0.5) is 8.78 Å². The predicted molar refractivity (Wildman–Crippen MR) is 68.0 cm³/mol. The van der Waals surface area contributed by atoms with Gasteiger partial charge in [0.1, 0.15) is 0 Å². The molecule has 1 aliphatic rings. The van der Waals surface area contributed by atoms with Gasteiger partial charge in [-0.1, -0.05) is 30.3 Å². The number of rotatable bonds is 2. The van der Waals surface area contributed by atoms with Crippen molar-refractivity contribution in [3.05, 3.63) is 35.9 Å². The molecule has 1 N–H and O–H groups in total. The third kappa shape index (κ3) is 3.93. The maximum Gasteiger partial charge on any atom is 0.251 e. The highest BCUT2D eigenvalue weighted by atomic mass is 35.5. The molecule has 1 heterocycles. The Bertz CT molecular complexity index is 356. The third-order valence-electron chi connectivity index (χ3n) is 3.13. The lowest BCUT2D eigenvalue weighted by Crippen LogP contribution is -2.54. The molecule has 1 aliphatic heterocycles. The molecule has 0 radical (unpaired) electrons. The average Bonchev–Trinajstić information content (AvgIpc) is 2.16. The number of benzene rings is 1. The van der Waals surface area contributed by atoms with Gasteiger partial charge in [-0.2, -0.15) is 0 Å². The van der Waals surface area contributed by atoms with Crippen molar-refractivity contribution in [3.8, 4) is 0 Å². The van der Waals surface area contributed by atoms with Gasteiger partial charge in [0.2, 0.25) is 0 Å². The minimum absolute atomic E-state index is 0. The van der Waals surface area contributed by atoms with Crippen molar-refractivity contribution in [1.29, 1.82) is 0 Å². The molecule has 0 saturated carbocycles. The van der Waals surface area contributed by atoms with Gasteiger partial charge in [0.05, 0.1) is 0 Å². The zero-order valence-corrected chi connectivity index (χ0v) is 10.7. The molecule has 0 bridgehead atoms. The summed E-state index contributed by atoms with van der Waals surface area (Å²) in [6.07, 6.45) is 0.537. The van der Waals surface area contributed by atoms with E-state index in [1.165, 1.54) is 0 Å². The Morgan fingerprint density at radius 1 is 1.24 bits per heavy atom. The quantitative estimate of drug-likeness (QED) is 0.860. The predicted octanol–water partition coefficient (Wildman–Crippen LogP) is 3.43. The van der Waals surface area contributed by atoms with E-state index in [0.717, 1.165) is 5.56 Å². The van der Waals surface area contributed by atoms with E-state index in [9.17, 15) is 8.78 Å². The highest BCUT2D eigenvalue weighted by Crippen LogP contribution is 2.34. The lowest BCUT2D eigenvalue weighted by Gasteiger charge is -2.39. The first-order chi connectivity index (χ1) is 7.49. The number of alkyl halides is 2. The van der Waals surface area contributed by atoms with Gasteiger partial charge in [-0.3, -0.25) is 0 Å². The van der Waals surface area contributed by atoms with Gasteiger partial charge in [-0.15, -0.1) is 12.4 Å². The van der Waals surface area contributed by atoms with E-state index >= 15 is 0 Å². The van der Waals surface area contributed by atoms with E-state index in [4.69, 9.17) is 0 Å². The van der Waals surface area contributed by atoms with Gasteiger partial charge in [0.15, 0.2) is 0 Å². The van der Waals surface area contributed by atoms with Gasteiger partial charge in [-0.25, -0.2) is 8.78 Å². The Morgan fingerprint density at radius 3 is 2.47 bits per heavy atom. The summed E-state index contributed by atoms with van der Waals surface area (Å²) in [5.41, 5.74) is 0.624. The van der Waals surface area contributed by atoms with Crippen LogP contribution in [0.5, 0.6) is 0 Å². The molecule has 2 rings (SSSR count). The second-order valence-electron chi connectivity index (χ2n) is 4.93. The second-order valence-corrected chi connectivity index (χ2v) is 4.93. The topological polar surface area (TPSA) is 12.0 Å². The fourth-order valence-electron chi connectivity index (χ4n) is 2.44. The van der Waals surface area contributed by atoms with Crippen molar-refractivity contribution in [2.75, 3.05) is 6.54 Å². The molecule has 0 spiro atoms. The maximum atomic E-state index is 13.4. The van der Waals surface area contributed by atoms with Crippen LogP contribution in [-0.4, -0.2) is 18.0 Å². The summed E-state index contributed by atoms with van der Waals surface area (Å²) in [7, 11) is 0. The van der Waals surface area contributed by atoms with E-state index in [-0.39, 0.29) is 25.2 Å². The number of halogens is 3. The molecule has 1 unspecified atom stereocenters. The molecule has 1 aromatic carbocycles. The summed E-state index contributed by atoms with van der Waals surface area (Å²) in [6.45, 7) is 2.28. The molecular formula is C13H18ClF2N. The zero-order chi connectivity index (χ0) is 11.6. The SMILES string of the molecule is CC1(Cc2ccccc2)CC(F)(F)CCN1.Cl. The molecule has 0 aliphatic carbocycles. The van der Waals surface area contributed by atoms with Crippen LogP contribution in [0.1, 0.15) is 25.3 Å². The fourth-order valence-corrected chi connectivity index (χ4v) is 2.44. The molecule has 96 valence electrons. The molecule has 1 atom stereocenters. The summed E-state index contributed by atoms with van der Waals surface area (Å²) in [6, 6.07) is 9.80. The maximum absolute atomic E-state index is 13.4. The number of piperidine rings is 1. The second kappa shape index (κ2) is 5.32. The molecule has 1 nitrogen and oxygen atoms in total. The van der Waals surface area contributed by atoms with Crippen molar-refractivity contribution in [1.82, 2.24) is 5.32 Å². The van der Waals surface area contributed by atoms with Crippen LogP contribution in [0.25, 0.3) is 0 Å². The van der Waals surface area contributed by atoms with Crippen LogP contribution in [0, 0.1) is 0 Å². The minimum Gasteiger partial charge on any atom is -0.311 e. The highest BCUT2D eigenvalue weighted by Gasteiger charge is 2.42. The Balaban J connectivity index is 0.00000144. The summed E-state index contributed by atoms with van der Waals surface area (Å²) in [5.74, 6) is -2.52. The van der Waals surface area contributed by atoms with Gasteiger partial charge >= 0.3 is 0 Å². The molecular weight excluding hydrogens is 244 g/mol. The summed E-state index contributed by atoms with van der Waals surface area (Å²) in [5, 5.41) is 3.22. The van der Waals surface area contributed by atoms with Crippen LogP contribution in [0.3, 0.4) is 0 Å². The standard InChI is InChI=1S/C13H17F2N.ClH/c1-12(9-11-5-3-2-4-6-11)10-13(14,15)7-8-16-12;/h2-6,16H,7-10H2,1H3;1H. The van der Waals surface area contributed by atoms with Gasteiger partial charge in [0, 0.05) is 24.9 Å². The minimum atomic E-state index is -2.52. The fraction of sp³-hybridized carbons (Fsp3) is 0.538. The highest BCUT2D eigenvalue weighted by molar-refractivity contribution is 5.85. The number of nitrogens with one attached hydrogen (secondary N) is 1. The molecule has 4 heteroatoms. The van der Waals surface area contributed by atoms with E-state index in [2.05, 4.69) is 5.32 Å². The van der Waals surface area contributed by atoms with Crippen LogP contribution in [-0.2, 0) is 6.42 Å². The molecule has 1 fully saturated rings. The summed E-state index contributed by atoms with van der Waals surface area (Å²) >= 11 is 0. The Labute approximate surface area is 107 Å². The van der Waals surface area contributed by atoms with E-state index < -0.39 is 11.5 Å². The Morgan fingerprint density at radius 2 is 1.88 bits per heavy atom. The first-order valence-electron chi connectivity index (χ1n) is 5.66. The lowest BCUT2D eigenvalue weighted by atomic mass is 9.83. The smallest absolute Gasteiger partial charge is 0.251 e. The third-order valence-corrected chi connectivity index (χ3v) is 3.13. The zero-order valence-electron chi connectivity index (χ0n) is 9.88. The molecule has 1 saturated heterocycles. The molecule has 1 aromatic rings. The summed E-state index contributed by atoms with van der Waals surface area (Å²) < 4.78 is 26.7. The largest absolute Gasteiger partial charge is 0.311 e. The number of hydrogen-bond donors (Lipinski definition) is 1. The lowest BCUT2D eigenvalue weighted by molar-refractivity contribution is -0.0595. The van der Waals surface area contributed by atoms with E-state index in [1.54, 1.807) is 0 Å². The number of hydrogen-bond acceptors (Lipinski definition) is 1. The van der Waals surface area contributed by atoms with E-state index in [1.807, 2.05) is 37.3 Å². The van der Waals surface area contributed by atoms with E-state index in [0.29, 0.717) is 13.0 Å².